The highest BCUT2D eigenvalue weighted by atomic mass is 14.9. The van der Waals surface area contributed by atoms with E-state index in [2.05, 4.69) is 30.7 Å². The van der Waals surface area contributed by atoms with Crippen LogP contribution in [0.1, 0.15) is 49.7 Å². The van der Waals surface area contributed by atoms with Gasteiger partial charge in [0, 0.05) is 11.9 Å². The highest BCUT2D eigenvalue weighted by Gasteiger charge is 2.08. The second kappa shape index (κ2) is 4.35. The minimum atomic E-state index is 0.589. The summed E-state index contributed by atoms with van der Waals surface area (Å²) in [7, 11) is 0. The zero-order valence-corrected chi connectivity index (χ0v) is 8.96. The summed E-state index contributed by atoms with van der Waals surface area (Å²) in [6.45, 7) is 8.45. The van der Waals surface area contributed by atoms with Crippen molar-refractivity contribution in [3.63, 3.8) is 0 Å². The van der Waals surface area contributed by atoms with Crippen molar-refractivity contribution in [2.45, 2.75) is 46.5 Å². The van der Waals surface area contributed by atoms with Crippen molar-refractivity contribution < 1.29 is 0 Å². The van der Waals surface area contributed by atoms with Gasteiger partial charge in [0.05, 0.1) is 0 Å². The van der Waals surface area contributed by atoms with Crippen LogP contribution >= 0.6 is 0 Å². The van der Waals surface area contributed by atoms with Crippen molar-refractivity contribution in [2.75, 3.05) is 0 Å². The molecule has 1 atom stereocenters. The molecule has 1 unspecified atom stereocenters. The van der Waals surface area contributed by atoms with Crippen LogP contribution in [0.25, 0.3) is 0 Å². The number of hydrogen-bond donors (Lipinski definition) is 0. The molecule has 0 saturated carbocycles. The van der Waals surface area contributed by atoms with E-state index in [1.807, 2.05) is 13.1 Å². The lowest BCUT2D eigenvalue weighted by atomic mass is 9.97. The van der Waals surface area contributed by atoms with Crippen molar-refractivity contribution in [2.24, 2.45) is 0 Å². The van der Waals surface area contributed by atoms with E-state index in [0.29, 0.717) is 5.92 Å². The molecule has 2 heteroatoms. The van der Waals surface area contributed by atoms with Crippen molar-refractivity contribution in [1.29, 1.82) is 0 Å². The van der Waals surface area contributed by atoms with Gasteiger partial charge in [-0.15, -0.1) is 0 Å². The monoisotopic (exact) mass is 178 g/mol. The van der Waals surface area contributed by atoms with E-state index in [-0.39, 0.29) is 0 Å². The maximum absolute atomic E-state index is 4.37. The highest BCUT2D eigenvalue weighted by molar-refractivity contribution is 5.19. The predicted octanol–water partition coefficient (Wildman–Crippen LogP) is 3.00. The second-order valence-corrected chi connectivity index (χ2v) is 3.65. The fraction of sp³-hybridized carbons (Fsp3) is 0.636. The lowest BCUT2D eigenvalue weighted by molar-refractivity contribution is 0.652. The van der Waals surface area contributed by atoms with E-state index in [4.69, 9.17) is 0 Å². The predicted molar refractivity (Wildman–Crippen MR) is 54.8 cm³/mol. The maximum Gasteiger partial charge on any atom is 0.125 e. The molecule has 0 saturated heterocycles. The van der Waals surface area contributed by atoms with Gasteiger partial charge in [0.25, 0.3) is 0 Å². The Bertz CT molecular complexity index is 281. The molecule has 0 amide bonds. The third-order valence-corrected chi connectivity index (χ3v) is 2.39. The maximum atomic E-state index is 4.37. The molecule has 0 fully saturated rings. The van der Waals surface area contributed by atoms with Crippen molar-refractivity contribution in [1.82, 2.24) is 9.97 Å². The highest BCUT2D eigenvalue weighted by Crippen LogP contribution is 2.21. The number of aromatic nitrogens is 2. The summed E-state index contributed by atoms with van der Waals surface area (Å²) in [5.74, 6) is 1.45. The minimum Gasteiger partial charge on any atom is -0.241 e. The summed E-state index contributed by atoms with van der Waals surface area (Å²) in [5.41, 5.74) is 2.43. The van der Waals surface area contributed by atoms with Crippen molar-refractivity contribution in [3.8, 4) is 0 Å². The second-order valence-electron chi connectivity index (χ2n) is 3.65. The van der Waals surface area contributed by atoms with Crippen LogP contribution in [-0.4, -0.2) is 9.97 Å². The molecule has 0 aromatic carbocycles. The molecule has 2 nitrogen and oxygen atoms in total. The Hall–Kier alpha value is -0.920. The molecular formula is C11H18N2. The molecule has 1 aromatic rings. The fourth-order valence-electron chi connectivity index (χ4n) is 1.66. The lowest BCUT2D eigenvalue weighted by Gasteiger charge is -2.12. The van der Waals surface area contributed by atoms with Gasteiger partial charge in [0.15, 0.2) is 0 Å². The van der Waals surface area contributed by atoms with Crippen LogP contribution < -0.4 is 0 Å². The fourth-order valence-corrected chi connectivity index (χ4v) is 1.66. The van der Waals surface area contributed by atoms with Crippen LogP contribution in [-0.2, 0) is 0 Å². The Labute approximate surface area is 80.4 Å². The molecular weight excluding hydrogens is 160 g/mol. The molecule has 1 aromatic heterocycles. The molecule has 0 aliphatic carbocycles. The summed E-state index contributed by atoms with van der Waals surface area (Å²) in [5, 5.41) is 0. The summed E-state index contributed by atoms with van der Waals surface area (Å²) < 4.78 is 0. The first kappa shape index (κ1) is 10.2. The summed E-state index contributed by atoms with van der Waals surface area (Å²) in [4.78, 5) is 8.60. The summed E-state index contributed by atoms with van der Waals surface area (Å²) in [6.07, 6.45) is 4.40. The van der Waals surface area contributed by atoms with Crippen LogP contribution in [0.4, 0.5) is 0 Å². The molecule has 0 aliphatic rings. The van der Waals surface area contributed by atoms with Gasteiger partial charge < -0.3 is 0 Å². The van der Waals surface area contributed by atoms with Crippen LogP contribution in [0, 0.1) is 13.8 Å². The van der Waals surface area contributed by atoms with Gasteiger partial charge in [0.1, 0.15) is 5.82 Å². The third kappa shape index (κ3) is 2.51. The lowest BCUT2D eigenvalue weighted by Crippen LogP contribution is -2.01. The van der Waals surface area contributed by atoms with E-state index in [9.17, 15) is 0 Å². The Morgan fingerprint density at radius 3 is 2.62 bits per heavy atom. The van der Waals surface area contributed by atoms with Gasteiger partial charge in [-0.3, -0.25) is 0 Å². The molecule has 0 N–H and O–H groups in total. The molecule has 13 heavy (non-hydrogen) atoms. The molecule has 0 bridgehead atoms. The van der Waals surface area contributed by atoms with E-state index in [1.54, 1.807) is 0 Å². The van der Waals surface area contributed by atoms with Crippen LogP contribution in [0.3, 0.4) is 0 Å². The summed E-state index contributed by atoms with van der Waals surface area (Å²) in [6, 6.07) is 0. The molecule has 0 spiro atoms. The standard InChI is InChI=1S/C11H18N2/c1-5-6-8(2)11-7-12-10(4)13-9(11)3/h7-8H,5-6H2,1-4H3. The Morgan fingerprint density at radius 1 is 1.38 bits per heavy atom. The number of aryl methyl sites for hydroxylation is 2. The topological polar surface area (TPSA) is 25.8 Å². The molecule has 1 heterocycles. The van der Waals surface area contributed by atoms with E-state index < -0.39 is 0 Å². The first-order valence-electron chi connectivity index (χ1n) is 4.95. The van der Waals surface area contributed by atoms with E-state index >= 15 is 0 Å². The largest absolute Gasteiger partial charge is 0.241 e. The van der Waals surface area contributed by atoms with Gasteiger partial charge in [-0.25, -0.2) is 9.97 Å². The van der Waals surface area contributed by atoms with Gasteiger partial charge in [0.2, 0.25) is 0 Å². The van der Waals surface area contributed by atoms with Gasteiger partial charge in [-0.2, -0.15) is 0 Å². The first-order valence-corrected chi connectivity index (χ1v) is 4.95. The average Bonchev–Trinajstić information content (AvgIpc) is 2.04. The van der Waals surface area contributed by atoms with Crippen molar-refractivity contribution >= 4 is 0 Å². The quantitative estimate of drug-likeness (QED) is 0.711. The van der Waals surface area contributed by atoms with Gasteiger partial charge in [-0.1, -0.05) is 20.3 Å². The SMILES string of the molecule is CCCC(C)c1cnc(C)nc1C. The third-order valence-electron chi connectivity index (χ3n) is 2.39. The minimum absolute atomic E-state index is 0.589. The van der Waals surface area contributed by atoms with Gasteiger partial charge >= 0.3 is 0 Å². The Morgan fingerprint density at radius 2 is 2.08 bits per heavy atom. The molecule has 0 radical (unpaired) electrons. The van der Waals surface area contributed by atoms with E-state index in [0.717, 1.165) is 11.5 Å². The normalized spacial score (nSPS) is 12.9. The van der Waals surface area contributed by atoms with E-state index in [1.165, 1.54) is 18.4 Å². The Balaban J connectivity index is 2.88. The van der Waals surface area contributed by atoms with Crippen LogP contribution in [0.2, 0.25) is 0 Å². The zero-order chi connectivity index (χ0) is 9.84. The summed E-state index contributed by atoms with van der Waals surface area (Å²) >= 11 is 0. The van der Waals surface area contributed by atoms with Crippen LogP contribution in [0.15, 0.2) is 6.20 Å². The molecule has 72 valence electrons. The smallest absolute Gasteiger partial charge is 0.125 e. The zero-order valence-electron chi connectivity index (χ0n) is 8.96. The number of hydrogen-bond acceptors (Lipinski definition) is 2. The van der Waals surface area contributed by atoms with Gasteiger partial charge in [-0.05, 0) is 31.7 Å². The Kier molecular flexibility index (Phi) is 3.40. The number of nitrogens with zero attached hydrogens (tertiary/aromatic N) is 2. The average molecular weight is 178 g/mol. The first-order chi connectivity index (χ1) is 6.15. The molecule has 0 aliphatic heterocycles. The van der Waals surface area contributed by atoms with Crippen molar-refractivity contribution in [3.05, 3.63) is 23.3 Å². The molecule has 1 rings (SSSR count). The number of rotatable bonds is 3. The van der Waals surface area contributed by atoms with Crippen LogP contribution in [0.5, 0.6) is 0 Å².